The van der Waals surface area contributed by atoms with Gasteiger partial charge in [-0.2, -0.15) is 0 Å². The molecule has 4 rings (SSSR count). The molecule has 3 aromatic rings. The van der Waals surface area contributed by atoms with Crippen molar-refractivity contribution < 1.29 is 18.8 Å². The summed E-state index contributed by atoms with van der Waals surface area (Å²) >= 11 is 1.22. The molecule has 1 unspecified atom stereocenters. The van der Waals surface area contributed by atoms with Crippen LogP contribution in [0.3, 0.4) is 0 Å². The molecule has 3 aromatic heterocycles. The number of carbonyl (C=O) groups excluding carboxylic acids is 2. The number of nitrogens with zero attached hydrogens (tertiary/aromatic N) is 2. The molecule has 9 nitrogen and oxygen atoms in total. The fraction of sp³-hybridized carbons (Fsp3) is 0.238. The van der Waals surface area contributed by atoms with Crippen molar-refractivity contribution in [3.05, 3.63) is 63.6 Å². The van der Waals surface area contributed by atoms with E-state index < -0.39 is 17.8 Å². The number of thiophene rings is 1. The molecule has 0 saturated carbocycles. The fourth-order valence-electron chi connectivity index (χ4n) is 3.57. The molecule has 0 bridgehead atoms. The van der Waals surface area contributed by atoms with E-state index in [1.807, 2.05) is 12.1 Å². The summed E-state index contributed by atoms with van der Waals surface area (Å²) < 4.78 is 10.3. The second kappa shape index (κ2) is 8.23. The standard InChI is InChI=1S/C21H21N5O4S/c1-4-29-21(28)14-11(3)24-20-16(15(14)12-5-7-23-8-6-12)17(22)18(31-20)19(27)25-13-9-10(2)30-26-13/h5-9,15,24H,4,22H2,1-3H3,(H,25,26,27). The van der Waals surface area contributed by atoms with Gasteiger partial charge < -0.3 is 25.6 Å². The zero-order chi connectivity index (χ0) is 22.1. The van der Waals surface area contributed by atoms with Crippen LogP contribution in [0.5, 0.6) is 0 Å². The molecule has 0 radical (unpaired) electrons. The van der Waals surface area contributed by atoms with Crippen molar-refractivity contribution in [2.75, 3.05) is 23.0 Å². The number of amides is 1. The topological polar surface area (TPSA) is 132 Å². The molecule has 0 aromatic carbocycles. The number of fused-ring (bicyclic) bond motifs is 1. The molecule has 1 aliphatic heterocycles. The lowest BCUT2D eigenvalue weighted by Crippen LogP contribution is -2.24. The molecule has 0 saturated heterocycles. The van der Waals surface area contributed by atoms with E-state index in [1.165, 1.54) is 11.3 Å². The van der Waals surface area contributed by atoms with Gasteiger partial charge in [0.25, 0.3) is 5.91 Å². The number of hydrogen-bond donors (Lipinski definition) is 3. The Labute approximate surface area is 182 Å². The number of pyridine rings is 1. The predicted octanol–water partition coefficient (Wildman–Crippen LogP) is 3.67. The maximum absolute atomic E-state index is 12.9. The Morgan fingerprint density at radius 1 is 1.32 bits per heavy atom. The van der Waals surface area contributed by atoms with Crippen molar-refractivity contribution in [2.24, 2.45) is 0 Å². The number of nitrogens with two attached hydrogens (primary N) is 1. The number of nitrogens with one attached hydrogen (secondary N) is 2. The minimum absolute atomic E-state index is 0.245. The van der Waals surface area contributed by atoms with E-state index >= 15 is 0 Å². The van der Waals surface area contributed by atoms with Crippen LogP contribution in [0.15, 0.2) is 46.4 Å². The fourth-order valence-corrected chi connectivity index (χ4v) is 4.68. The Morgan fingerprint density at radius 3 is 2.71 bits per heavy atom. The highest BCUT2D eigenvalue weighted by atomic mass is 32.1. The largest absolute Gasteiger partial charge is 0.463 e. The maximum atomic E-state index is 12.9. The number of aromatic nitrogens is 2. The summed E-state index contributed by atoms with van der Waals surface area (Å²) in [6, 6.07) is 5.26. The number of hydrogen-bond acceptors (Lipinski definition) is 9. The first-order chi connectivity index (χ1) is 14.9. The van der Waals surface area contributed by atoms with Crippen LogP contribution in [0.2, 0.25) is 0 Å². The molecule has 4 N–H and O–H groups in total. The minimum Gasteiger partial charge on any atom is -0.463 e. The Kier molecular flexibility index (Phi) is 5.47. The van der Waals surface area contributed by atoms with Gasteiger partial charge in [-0.25, -0.2) is 4.79 Å². The van der Waals surface area contributed by atoms with Crippen LogP contribution in [0, 0.1) is 6.92 Å². The van der Waals surface area contributed by atoms with E-state index in [1.54, 1.807) is 39.2 Å². The van der Waals surface area contributed by atoms with E-state index in [0.29, 0.717) is 44.0 Å². The van der Waals surface area contributed by atoms with Gasteiger partial charge in [0, 0.05) is 35.6 Å². The van der Waals surface area contributed by atoms with Crippen LogP contribution in [0.4, 0.5) is 16.5 Å². The number of aryl methyl sites for hydroxylation is 1. The smallest absolute Gasteiger partial charge is 0.336 e. The number of nitrogen functional groups attached to an aromatic ring is 1. The first kappa shape index (κ1) is 20.6. The van der Waals surface area contributed by atoms with Gasteiger partial charge >= 0.3 is 5.97 Å². The van der Waals surface area contributed by atoms with Gasteiger partial charge in [0.05, 0.1) is 22.9 Å². The van der Waals surface area contributed by atoms with Crippen LogP contribution >= 0.6 is 11.3 Å². The molecule has 0 fully saturated rings. The quantitative estimate of drug-likeness (QED) is 0.513. The highest BCUT2D eigenvalue weighted by Gasteiger charge is 2.38. The van der Waals surface area contributed by atoms with Crippen molar-refractivity contribution in [3.63, 3.8) is 0 Å². The second-order valence-corrected chi connectivity index (χ2v) is 7.98. The third-order valence-electron chi connectivity index (χ3n) is 4.88. The van der Waals surface area contributed by atoms with E-state index in [4.69, 9.17) is 15.0 Å². The number of anilines is 3. The van der Waals surface area contributed by atoms with Crippen LogP contribution in [-0.2, 0) is 9.53 Å². The van der Waals surface area contributed by atoms with E-state index in [2.05, 4.69) is 20.8 Å². The lowest BCUT2D eigenvalue weighted by molar-refractivity contribution is -0.138. The van der Waals surface area contributed by atoms with Gasteiger partial charge in [-0.1, -0.05) is 5.16 Å². The molecule has 160 valence electrons. The summed E-state index contributed by atoms with van der Waals surface area (Å²) in [5.74, 6) is -0.462. The Bertz CT molecular complexity index is 1180. The molecular formula is C21H21N5O4S. The average Bonchev–Trinajstić information content (AvgIpc) is 3.30. The summed E-state index contributed by atoms with van der Waals surface area (Å²) in [6.45, 7) is 5.53. The van der Waals surface area contributed by atoms with E-state index in [0.717, 1.165) is 5.56 Å². The molecule has 31 heavy (non-hydrogen) atoms. The molecule has 1 aliphatic rings. The van der Waals surface area contributed by atoms with Crippen LogP contribution in [-0.4, -0.2) is 28.6 Å². The number of allylic oxidation sites excluding steroid dienone is 1. The normalized spacial score (nSPS) is 15.3. The van der Waals surface area contributed by atoms with Crippen LogP contribution in [0.1, 0.15) is 46.3 Å². The van der Waals surface area contributed by atoms with E-state index in [-0.39, 0.29) is 6.61 Å². The molecular weight excluding hydrogens is 418 g/mol. The summed E-state index contributed by atoms with van der Waals surface area (Å²) in [5.41, 5.74) is 9.34. The van der Waals surface area contributed by atoms with Gasteiger partial charge in [-0.15, -0.1) is 11.3 Å². The molecule has 10 heteroatoms. The van der Waals surface area contributed by atoms with Crippen molar-refractivity contribution in [1.29, 1.82) is 0 Å². The summed E-state index contributed by atoms with van der Waals surface area (Å²) in [5, 5.41) is 10.4. The highest BCUT2D eigenvalue weighted by Crippen LogP contribution is 2.50. The molecule has 4 heterocycles. The highest BCUT2D eigenvalue weighted by molar-refractivity contribution is 7.19. The van der Waals surface area contributed by atoms with Gasteiger partial charge in [-0.3, -0.25) is 9.78 Å². The lowest BCUT2D eigenvalue weighted by atomic mass is 9.82. The molecule has 0 spiro atoms. The van der Waals surface area contributed by atoms with Gasteiger partial charge in [0.15, 0.2) is 5.82 Å². The third-order valence-corrected chi connectivity index (χ3v) is 6.01. The van der Waals surface area contributed by atoms with Crippen molar-refractivity contribution >= 4 is 39.7 Å². The first-order valence-electron chi connectivity index (χ1n) is 9.62. The SMILES string of the molecule is CCOC(=O)C1=C(C)Nc2sc(C(=O)Nc3cc(C)on3)c(N)c2C1c1ccncc1. The third kappa shape index (κ3) is 3.77. The van der Waals surface area contributed by atoms with Crippen molar-refractivity contribution in [1.82, 2.24) is 10.1 Å². The Balaban J connectivity index is 1.79. The van der Waals surface area contributed by atoms with Crippen LogP contribution < -0.4 is 16.4 Å². The zero-order valence-corrected chi connectivity index (χ0v) is 18.0. The average molecular weight is 439 g/mol. The maximum Gasteiger partial charge on any atom is 0.336 e. The number of esters is 1. The molecule has 1 atom stereocenters. The molecule has 1 amide bonds. The van der Waals surface area contributed by atoms with Gasteiger partial charge in [0.1, 0.15) is 10.6 Å². The Morgan fingerprint density at radius 2 is 2.06 bits per heavy atom. The second-order valence-electron chi connectivity index (χ2n) is 6.96. The number of ether oxygens (including phenoxy) is 1. The number of rotatable bonds is 5. The van der Waals surface area contributed by atoms with Gasteiger partial charge in [0.2, 0.25) is 0 Å². The summed E-state index contributed by atoms with van der Waals surface area (Å²) in [4.78, 5) is 30.1. The number of carbonyl (C=O) groups is 2. The minimum atomic E-state index is -0.495. The first-order valence-corrected chi connectivity index (χ1v) is 10.4. The van der Waals surface area contributed by atoms with Gasteiger partial charge in [-0.05, 0) is 38.5 Å². The summed E-state index contributed by atoms with van der Waals surface area (Å²) in [7, 11) is 0. The predicted molar refractivity (Wildman–Crippen MR) is 117 cm³/mol. The zero-order valence-electron chi connectivity index (χ0n) is 17.2. The summed E-state index contributed by atoms with van der Waals surface area (Å²) in [6.07, 6.45) is 3.30. The monoisotopic (exact) mass is 439 g/mol. The van der Waals surface area contributed by atoms with Crippen molar-refractivity contribution in [2.45, 2.75) is 26.7 Å². The van der Waals surface area contributed by atoms with E-state index in [9.17, 15) is 9.59 Å². The lowest BCUT2D eigenvalue weighted by Gasteiger charge is -2.28. The van der Waals surface area contributed by atoms with Crippen LogP contribution in [0.25, 0.3) is 0 Å². The van der Waals surface area contributed by atoms with Crippen molar-refractivity contribution in [3.8, 4) is 0 Å². The Hall–Kier alpha value is -3.66. The molecule has 0 aliphatic carbocycles.